The van der Waals surface area contributed by atoms with Gasteiger partial charge in [0.15, 0.2) is 5.82 Å². The van der Waals surface area contributed by atoms with E-state index in [1.54, 1.807) is 47.4 Å². The lowest BCUT2D eigenvalue weighted by Gasteiger charge is -2.08. The Bertz CT molecular complexity index is 1120. The molecule has 2 heterocycles. The molecule has 4 rings (SSSR count). The molecule has 7 nitrogen and oxygen atoms in total. The fourth-order valence-corrected chi connectivity index (χ4v) is 3.56. The van der Waals surface area contributed by atoms with Gasteiger partial charge in [-0.05, 0) is 66.9 Å². The van der Waals surface area contributed by atoms with Crippen LogP contribution in [0.15, 0.2) is 66.0 Å². The van der Waals surface area contributed by atoms with Gasteiger partial charge in [0.2, 0.25) is 0 Å². The number of benzene rings is 2. The number of nitrogens with zero attached hydrogens (tertiary/aromatic N) is 3. The van der Waals surface area contributed by atoms with Crippen LogP contribution in [0.1, 0.15) is 17.3 Å². The maximum atomic E-state index is 12.5. The molecule has 0 aliphatic rings. The Morgan fingerprint density at radius 3 is 2.50 bits per heavy atom. The molecule has 2 aromatic heterocycles. The molecule has 0 spiro atoms. The summed E-state index contributed by atoms with van der Waals surface area (Å²) in [5, 5.41) is 9.36. The number of rotatable bonds is 7. The highest BCUT2D eigenvalue weighted by atomic mass is 32.1. The lowest BCUT2D eigenvalue weighted by molar-refractivity contribution is 0.102. The van der Waals surface area contributed by atoms with Crippen molar-refractivity contribution >= 4 is 22.9 Å². The number of carbonyl (C=O) groups excluding carboxylic acids is 1. The van der Waals surface area contributed by atoms with Crippen LogP contribution in [0.4, 0.5) is 5.69 Å². The first-order valence-electron chi connectivity index (χ1n) is 9.37. The molecule has 8 heteroatoms. The number of thiophene rings is 1. The van der Waals surface area contributed by atoms with Crippen LogP contribution in [0.2, 0.25) is 0 Å². The summed E-state index contributed by atoms with van der Waals surface area (Å²) in [5.74, 6) is 1.23. The van der Waals surface area contributed by atoms with Gasteiger partial charge in [-0.15, -0.1) is 16.4 Å². The molecule has 30 heavy (non-hydrogen) atoms. The fraction of sp³-hybridized carbons (Fsp3) is 0.136. The van der Waals surface area contributed by atoms with E-state index in [9.17, 15) is 4.79 Å². The van der Waals surface area contributed by atoms with Crippen molar-refractivity contribution in [3.63, 3.8) is 0 Å². The summed E-state index contributed by atoms with van der Waals surface area (Å²) in [6.07, 6.45) is 0. The van der Waals surface area contributed by atoms with Gasteiger partial charge in [0.05, 0.1) is 24.3 Å². The van der Waals surface area contributed by atoms with E-state index in [0.29, 0.717) is 35.4 Å². The Kier molecular flexibility index (Phi) is 5.76. The van der Waals surface area contributed by atoms with E-state index >= 15 is 0 Å². The van der Waals surface area contributed by atoms with E-state index in [-0.39, 0.29) is 5.91 Å². The Morgan fingerprint density at radius 2 is 1.87 bits per heavy atom. The van der Waals surface area contributed by atoms with Crippen molar-refractivity contribution in [3.8, 4) is 28.1 Å². The first-order chi connectivity index (χ1) is 14.7. The summed E-state index contributed by atoms with van der Waals surface area (Å²) in [6.45, 7) is 2.38. The number of nitrogens with one attached hydrogen (secondary N) is 1. The van der Waals surface area contributed by atoms with Gasteiger partial charge < -0.3 is 14.8 Å². The number of methoxy groups -OCH3 is 1. The summed E-state index contributed by atoms with van der Waals surface area (Å²) in [4.78, 5) is 18.0. The number of hydrogen-bond donors (Lipinski definition) is 1. The van der Waals surface area contributed by atoms with Crippen LogP contribution in [0.25, 0.3) is 16.4 Å². The van der Waals surface area contributed by atoms with Crippen LogP contribution in [0.3, 0.4) is 0 Å². The molecule has 0 bridgehead atoms. The van der Waals surface area contributed by atoms with E-state index in [4.69, 9.17) is 9.47 Å². The minimum atomic E-state index is -0.191. The van der Waals surface area contributed by atoms with Crippen molar-refractivity contribution in [1.82, 2.24) is 14.8 Å². The van der Waals surface area contributed by atoms with Gasteiger partial charge in [0, 0.05) is 11.3 Å². The normalized spacial score (nSPS) is 10.6. The second-order valence-corrected chi connectivity index (χ2v) is 7.22. The predicted octanol–water partition coefficient (Wildman–Crippen LogP) is 4.66. The van der Waals surface area contributed by atoms with Gasteiger partial charge >= 0.3 is 6.01 Å². The molecule has 2 aromatic carbocycles. The maximum Gasteiger partial charge on any atom is 0.336 e. The molecular formula is C22H20N4O3S. The number of ether oxygens (including phenoxy) is 2. The van der Waals surface area contributed by atoms with E-state index in [1.165, 1.54) is 0 Å². The van der Waals surface area contributed by atoms with E-state index in [0.717, 1.165) is 10.6 Å². The maximum absolute atomic E-state index is 12.5. The summed E-state index contributed by atoms with van der Waals surface area (Å²) < 4.78 is 12.3. The summed E-state index contributed by atoms with van der Waals surface area (Å²) >= 11 is 1.58. The van der Waals surface area contributed by atoms with E-state index < -0.39 is 0 Å². The van der Waals surface area contributed by atoms with Crippen molar-refractivity contribution in [1.29, 1.82) is 0 Å². The SMILES string of the molecule is CCOc1nc(-c2cccs2)n(-c2ccc(NC(=O)c3ccc(OC)cc3)cc2)n1. The van der Waals surface area contributed by atoms with Crippen LogP contribution >= 0.6 is 11.3 Å². The zero-order valence-electron chi connectivity index (χ0n) is 16.5. The van der Waals surface area contributed by atoms with E-state index in [1.807, 2.05) is 48.7 Å². The molecule has 0 saturated carbocycles. The zero-order valence-corrected chi connectivity index (χ0v) is 17.3. The average Bonchev–Trinajstić information content (AvgIpc) is 3.45. The number of amides is 1. The smallest absolute Gasteiger partial charge is 0.336 e. The number of anilines is 1. The molecule has 0 aliphatic carbocycles. The van der Waals surface area contributed by atoms with Crippen LogP contribution in [0.5, 0.6) is 11.8 Å². The van der Waals surface area contributed by atoms with Gasteiger partial charge in [-0.1, -0.05) is 6.07 Å². The Balaban J connectivity index is 1.55. The van der Waals surface area contributed by atoms with Crippen molar-refractivity contribution in [2.24, 2.45) is 0 Å². The Hall–Kier alpha value is -3.65. The fourth-order valence-electron chi connectivity index (χ4n) is 2.86. The molecule has 1 N–H and O–H groups in total. The number of hydrogen-bond acceptors (Lipinski definition) is 6. The third-order valence-electron chi connectivity index (χ3n) is 4.32. The van der Waals surface area contributed by atoms with Crippen molar-refractivity contribution in [3.05, 3.63) is 71.6 Å². The second-order valence-electron chi connectivity index (χ2n) is 6.27. The highest BCUT2D eigenvalue weighted by molar-refractivity contribution is 7.13. The molecule has 4 aromatic rings. The lowest BCUT2D eigenvalue weighted by atomic mass is 10.2. The van der Waals surface area contributed by atoms with Crippen molar-refractivity contribution < 1.29 is 14.3 Å². The lowest BCUT2D eigenvalue weighted by Crippen LogP contribution is -2.11. The third kappa shape index (κ3) is 4.18. The van der Waals surface area contributed by atoms with Gasteiger partial charge in [0.1, 0.15) is 5.75 Å². The standard InChI is InChI=1S/C22H20N4O3S/c1-3-29-22-24-20(19-5-4-14-30-19)26(25-22)17-10-8-16(9-11-17)23-21(27)15-6-12-18(28-2)13-7-15/h4-14H,3H2,1-2H3,(H,23,27). The largest absolute Gasteiger partial charge is 0.497 e. The summed E-state index contributed by atoms with van der Waals surface area (Å²) in [5.41, 5.74) is 2.05. The molecular weight excluding hydrogens is 400 g/mol. The molecule has 0 atom stereocenters. The zero-order chi connectivity index (χ0) is 20.9. The molecule has 0 aliphatic heterocycles. The highest BCUT2D eigenvalue weighted by Crippen LogP contribution is 2.27. The molecule has 0 saturated heterocycles. The molecule has 0 fully saturated rings. The second kappa shape index (κ2) is 8.79. The minimum Gasteiger partial charge on any atom is -0.497 e. The van der Waals surface area contributed by atoms with E-state index in [2.05, 4.69) is 15.4 Å². The van der Waals surface area contributed by atoms with Gasteiger partial charge in [0.25, 0.3) is 5.91 Å². The minimum absolute atomic E-state index is 0.191. The molecule has 152 valence electrons. The average molecular weight is 420 g/mol. The molecule has 1 amide bonds. The highest BCUT2D eigenvalue weighted by Gasteiger charge is 2.15. The third-order valence-corrected chi connectivity index (χ3v) is 5.19. The number of aromatic nitrogens is 3. The Morgan fingerprint density at radius 1 is 1.10 bits per heavy atom. The van der Waals surface area contributed by atoms with Gasteiger partial charge in [-0.2, -0.15) is 4.98 Å². The van der Waals surface area contributed by atoms with Crippen LogP contribution < -0.4 is 14.8 Å². The topological polar surface area (TPSA) is 78.3 Å². The first kappa shape index (κ1) is 19.7. The summed E-state index contributed by atoms with van der Waals surface area (Å²) in [7, 11) is 1.59. The number of carbonyl (C=O) groups is 1. The van der Waals surface area contributed by atoms with Crippen molar-refractivity contribution in [2.45, 2.75) is 6.92 Å². The van der Waals surface area contributed by atoms with Gasteiger partial charge in [-0.3, -0.25) is 4.79 Å². The van der Waals surface area contributed by atoms with Crippen LogP contribution in [-0.2, 0) is 0 Å². The van der Waals surface area contributed by atoms with Crippen LogP contribution in [0, 0.1) is 0 Å². The Labute approximate surface area is 177 Å². The molecule has 0 radical (unpaired) electrons. The molecule has 0 unspecified atom stereocenters. The monoisotopic (exact) mass is 420 g/mol. The van der Waals surface area contributed by atoms with Crippen molar-refractivity contribution in [2.75, 3.05) is 19.0 Å². The summed E-state index contributed by atoms with van der Waals surface area (Å²) in [6, 6.07) is 18.7. The quantitative estimate of drug-likeness (QED) is 0.471. The predicted molar refractivity (Wildman–Crippen MR) is 117 cm³/mol. The van der Waals surface area contributed by atoms with Crippen LogP contribution in [-0.4, -0.2) is 34.4 Å². The van der Waals surface area contributed by atoms with Gasteiger partial charge in [-0.25, -0.2) is 4.68 Å². The first-order valence-corrected chi connectivity index (χ1v) is 10.3.